The van der Waals surface area contributed by atoms with E-state index in [0.29, 0.717) is 11.0 Å². The van der Waals surface area contributed by atoms with Gasteiger partial charge in [-0.05, 0) is 71.6 Å². The zero-order chi connectivity index (χ0) is 23.7. The van der Waals surface area contributed by atoms with Gasteiger partial charge in [-0.1, -0.05) is 18.2 Å². The predicted molar refractivity (Wildman–Crippen MR) is 111 cm³/mol. The van der Waals surface area contributed by atoms with Crippen LogP contribution in [0.25, 0.3) is 6.08 Å². The van der Waals surface area contributed by atoms with Crippen LogP contribution in [0.5, 0.6) is 5.75 Å². The first-order chi connectivity index (χ1) is 14.0. The molecule has 1 N–H and O–H groups in total. The maximum atomic E-state index is 12.4. The third kappa shape index (κ3) is 7.46. The number of carbonyl (C=O) groups is 1. The lowest BCUT2D eigenvalue weighted by atomic mass is 9.77. The Morgan fingerprint density at radius 2 is 1.58 bits per heavy atom. The summed E-state index contributed by atoms with van der Waals surface area (Å²) in [6.07, 6.45) is -3.68. The van der Waals surface area contributed by atoms with Crippen LogP contribution >= 0.6 is 0 Å². The highest BCUT2D eigenvalue weighted by Crippen LogP contribution is 2.38. The number of hydrogen-bond donors (Lipinski definition) is 1. The molecule has 1 fully saturated rings. The second kappa shape index (κ2) is 8.74. The molecule has 1 aromatic carbocycles. The normalized spacial score (nSPS) is 18.6. The highest BCUT2D eigenvalue weighted by atomic mass is 19.4. The average molecular weight is 443 g/mol. The molecular weight excluding hydrogens is 414 g/mol. The molecule has 1 aromatic rings. The molecule has 1 saturated heterocycles. The molecule has 1 aliphatic heterocycles. The summed E-state index contributed by atoms with van der Waals surface area (Å²) in [5, 5.41) is 2.67. The van der Waals surface area contributed by atoms with E-state index >= 15 is 0 Å². The summed E-state index contributed by atoms with van der Waals surface area (Å²) in [5.41, 5.74) is -0.702. The molecule has 1 amide bonds. The van der Waals surface area contributed by atoms with Gasteiger partial charge in [-0.25, -0.2) is 4.79 Å². The van der Waals surface area contributed by atoms with Crippen molar-refractivity contribution in [3.63, 3.8) is 0 Å². The van der Waals surface area contributed by atoms with Crippen LogP contribution in [-0.4, -0.2) is 42.9 Å². The second-order valence-electron chi connectivity index (χ2n) is 9.28. The van der Waals surface area contributed by atoms with Crippen molar-refractivity contribution in [3.8, 4) is 5.75 Å². The van der Waals surface area contributed by atoms with E-state index in [1.165, 1.54) is 24.3 Å². The Morgan fingerprint density at radius 1 is 1.06 bits per heavy atom. The second-order valence-corrected chi connectivity index (χ2v) is 9.28. The first-order valence-electron chi connectivity index (χ1n) is 9.86. The molecule has 0 bridgehead atoms. The van der Waals surface area contributed by atoms with E-state index in [4.69, 9.17) is 14.0 Å². The smallest absolute Gasteiger partial charge is 0.444 e. The van der Waals surface area contributed by atoms with Crippen LogP contribution in [0.3, 0.4) is 0 Å². The third-order valence-electron chi connectivity index (χ3n) is 4.86. The molecule has 0 radical (unpaired) electrons. The van der Waals surface area contributed by atoms with Gasteiger partial charge >= 0.3 is 19.6 Å². The number of amides is 1. The van der Waals surface area contributed by atoms with Gasteiger partial charge in [0, 0.05) is 6.54 Å². The lowest BCUT2D eigenvalue weighted by molar-refractivity contribution is -0.274. The molecule has 172 valence electrons. The number of benzene rings is 1. The molecule has 2 rings (SSSR count). The van der Waals surface area contributed by atoms with E-state index in [-0.39, 0.29) is 12.3 Å². The lowest BCUT2D eigenvalue weighted by Gasteiger charge is -2.32. The van der Waals surface area contributed by atoms with Crippen molar-refractivity contribution in [2.45, 2.75) is 71.6 Å². The Labute approximate surface area is 181 Å². The van der Waals surface area contributed by atoms with Crippen LogP contribution in [-0.2, 0) is 14.0 Å². The molecule has 31 heavy (non-hydrogen) atoms. The fourth-order valence-corrected chi connectivity index (χ4v) is 2.67. The zero-order valence-corrected chi connectivity index (χ0v) is 18.8. The van der Waals surface area contributed by atoms with E-state index in [1.807, 2.05) is 27.7 Å². The van der Waals surface area contributed by atoms with Gasteiger partial charge in [0.1, 0.15) is 11.4 Å². The minimum atomic E-state index is -4.76. The standard InChI is InChI=1S/C21H29BF3NO5/c1-18(2,3)29-17(27)26-13-15(22-30-19(4,5)20(6,7)31-22)12-14-8-10-16(11-9-14)28-21(23,24)25/h8-12H,13H2,1-7H3,(H,26,27). The summed E-state index contributed by atoms with van der Waals surface area (Å²) < 4.78 is 58.4. The van der Waals surface area contributed by atoms with Gasteiger partial charge in [-0.15, -0.1) is 13.2 Å². The molecule has 0 spiro atoms. The minimum Gasteiger partial charge on any atom is -0.444 e. The van der Waals surface area contributed by atoms with Crippen molar-refractivity contribution in [2.75, 3.05) is 6.54 Å². The van der Waals surface area contributed by atoms with Crippen LogP contribution in [0.2, 0.25) is 0 Å². The van der Waals surface area contributed by atoms with Gasteiger partial charge in [0.25, 0.3) is 0 Å². The van der Waals surface area contributed by atoms with Gasteiger partial charge in [0.2, 0.25) is 0 Å². The van der Waals surface area contributed by atoms with Crippen molar-refractivity contribution in [1.29, 1.82) is 0 Å². The fraction of sp³-hybridized carbons (Fsp3) is 0.571. The zero-order valence-electron chi connectivity index (χ0n) is 18.8. The average Bonchev–Trinajstić information content (AvgIpc) is 2.77. The Bertz CT molecular complexity index is 798. The van der Waals surface area contributed by atoms with Crippen molar-refractivity contribution in [1.82, 2.24) is 5.32 Å². The van der Waals surface area contributed by atoms with Gasteiger partial charge < -0.3 is 24.1 Å². The number of hydrogen-bond acceptors (Lipinski definition) is 5. The molecule has 0 unspecified atom stereocenters. The molecule has 1 aliphatic rings. The van der Waals surface area contributed by atoms with Crippen LogP contribution in [0.15, 0.2) is 29.7 Å². The monoisotopic (exact) mass is 443 g/mol. The first-order valence-corrected chi connectivity index (χ1v) is 9.86. The lowest BCUT2D eigenvalue weighted by Crippen LogP contribution is -2.41. The minimum absolute atomic E-state index is 0.0620. The highest BCUT2D eigenvalue weighted by molar-refractivity contribution is 6.56. The van der Waals surface area contributed by atoms with E-state index in [0.717, 1.165) is 0 Å². The maximum absolute atomic E-state index is 12.4. The molecule has 0 aliphatic carbocycles. The molecule has 0 saturated carbocycles. The van der Waals surface area contributed by atoms with Crippen molar-refractivity contribution in [2.24, 2.45) is 0 Å². The predicted octanol–water partition coefficient (Wildman–Crippen LogP) is 5.12. The topological polar surface area (TPSA) is 66.0 Å². The Hall–Kier alpha value is -2.20. The molecular formula is C21H29BF3NO5. The van der Waals surface area contributed by atoms with Gasteiger partial charge in [0.15, 0.2) is 0 Å². The summed E-state index contributed by atoms with van der Waals surface area (Å²) >= 11 is 0. The SMILES string of the molecule is CC(C)(C)OC(=O)NCC(=Cc1ccc(OC(F)(F)F)cc1)B1OC(C)(C)C(C)(C)O1. The summed E-state index contributed by atoms with van der Waals surface area (Å²) in [7, 11) is -0.758. The number of rotatable bonds is 5. The fourth-order valence-electron chi connectivity index (χ4n) is 2.67. The van der Waals surface area contributed by atoms with Crippen LogP contribution < -0.4 is 10.1 Å². The first kappa shape index (κ1) is 25.1. The van der Waals surface area contributed by atoms with Gasteiger partial charge in [-0.2, -0.15) is 0 Å². The Balaban J connectivity index is 2.24. The Kier molecular flexibility index (Phi) is 7.07. The van der Waals surface area contributed by atoms with E-state index < -0.39 is 36.4 Å². The molecule has 0 aromatic heterocycles. The summed E-state index contributed by atoms with van der Waals surface area (Å²) in [6, 6.07) is 5.37. The largest absolute Gasteiger partial charge is 0.573 e. The van der Waals surface area contributed by atoms with Crippen LogP contribution in [0.1, 0.15) is 54.0 Å². The third-order valence-corrected chi connectivity index (χ3v) is 4.86. The molecule has 0 atom stereocenters. The number of halogens is 3. The number of nitrogens with one attached hydrogen (secondary N) is 1. The summed E-state index contributed by atoms with van der Waals surface area (Å²) in [6.45, 7) is 12.9. The van der Waals surface area contributed by atoms with Crippen molar-refractivity contribution >= 4 is 19.3 Å². The Morgan fingerprint density at radius 3 is 2.03 bits per heavy atom. The summed E-state index contributed by atoms with van der Waals surface area (Å²) in [4.78, 5) is 12.1. The molecule has 6 nitrogen and oxygen atoms in total. The molecule has 1 heterocycles. The quantitative estimate of drug-likeness (QED) is 0.640. The van der Waals surface area contributed by atoms with Crippen LogP contribution in [0.4, 0.5) is 18.0 Å². The number of ether oxygens (including phenoxy) is 2. The van der Waals surface area contributed by atoms with E-state index in [2.05, 4.69) is 10.1 Å². The van der Waals surface area contributed by atoms with E-state index in [1.54, 1.807) is 26.8 Å². The summed E-state index contributed by atoms with van der Waals surface area (Å²) in [5.74, 6) is -0.325. The highest BCUT2D eigenvalue weighted by Gasteiger charge is 2.52. The van der Waals surface area contributed by atoms with Crippen LogP contribution in [0, 0.1) is 0 Å². The maximum Gasteiger partial charge on any atom is 0.573 e. The van der Waals surface area contributed by atoms with Crippen molar-refractivity contribution < 1.29 is 36.7 Å². The van der Waals surface area contributed by atoms with E-state index in [9.17, 15) is 18.0 Å². The van der Waals surface area contributed by atoms with Crippen molar-refractivity contribution in [3.05, 3.63) is 35.3 Å². The number of carbonyl (C=O) groups excluding carboxylic acids is 1. The number of alkyl carbamates (subject to hydrolysis) is 1. The number of alkyl halides is 3. The van der Waals surface area contributed by atoms with Gasteiger partial charge in [-0.3, -0.25) is 0 Å². The molecule has 10 heteroatoms. The van der Waals surface area contributed by atoms with Gasteiger partial charge in [0.05, 0.1) is 11.2 Å².